The Hall–Kier alpha value is -2.85. The molecule has 0 radical (unpaired) electrons. The van der Waals surface area contributed by atoms with E-state index in [1.54, 1.807) is 18.4 Å². The summed E-state index contributed by atoms with van der Waals surface area (Å²) in [7, 11) is 0. The number of benzene rings is 1. The molecule has 1 aliphatic carbocycles. The second-order valence-corrected chi connectivity index (χ2v) is 10.2. The van der Waals surface area contributed by atoms with Crippen LogP contribution in [0.1, 0.15) is 46.5 Å². The van der Waals surface area contributed by atoms with Crippen molar-refractivity contribution in [2.75, 3.05) is 5.75 Å². The first-order chi connectivity index (χ1) is 16.1. The Morgan fingerprint density at radius 2 is 2.00 bits per heavy atom. The molecule has 3 aliphatic rings. The summed E-state index contributed by atoms with van der Waals surface area (Å²) < 4.78 is 5.40. The van der Waals surface area contributed by atoms with E-state index in [0.29, 0.717) is 28.1 Å². The number of thioether (sulfide) groups is 2. The Kier molecular flexibility index (Phi) is 6.37. The second-order valence-electron chi connectivity index (χ2n) is 8.06. The molecule has 3 heterocycles. The molecular formula is C23H22N4O4S2. The highest BCUT2D eigenvalue weighted by Gasteiger charge is 2.40. The standard InChI is InChI=1S/C23H22N4O4S2/c28-18(16-8-7-14-4-1-2-5-15(14)10-16)11-19-21(29)27(12-17-6-3-9-31-17)22(33-19)26-25-20-13-32-23(30)24-20/h3,6-10,19H,1-2,4-5,11-13H2,(H,24,25,30)/b26-22-/t19-/m1/s1. The molecule has 2 amide bonds. The summed E-state index contributed by atoms with van der Waals surface area (Å²) in [6.07, 6.45) is 6.01. The van der Waals surface area contributed by atoms with Gasteiger partial charge in [0, 0.05) is 12.0 Å². The molecule has 2 aliphatic heterocycles. The maximum atomic E-state index is 13.2. The summed E-state index contributed by atoms with van der Waals surface area (Å²) in [5, 5.41) is 10.6. The first-order valence-electron chi connectivity index (χ1n) is 10.8. The molecule has 0 spiro atoms. The van der Waals surface area contributed by atoms with Gasteiger partial charge in [0.2, 0.25) is 5.91 Å². The van der Waals surface area contributed by atoms with Crippen LogP contribution in [0, 0.1) is 0 Å². The number of Topliss-reactive ketones (excluding diaryl/α,β-unsaturated/α-hetero) is 1. The minimum Gasteiger partial charge on any atom is -0.467 e. The number of hydrogen-bond donors (Lipinski definition) is 1. The molecular weight excluding hydrogens is 460 g/mol. The van der Waals surface area contributed by atoms with Gasteiger partial charge in [0.1, 0.15) is 11.6 Å². The number of carbonyl (C=O) groups excluding carboxylic acids is 3. The Labute approximate surface area is 199 Å². The van der Waals surface area contributed by atoms with E-state index >= 15 is 0 Å². The van der Waals surface area contributed by atoms with Crippen molar-refractivity contribution in [2.45, 2.75) is 43.9 Å². The Morgan fingerprint density at radius 3 is 2.76 bits per heavy atom. The predicted molar refractivity (Wildman–Crippen MR) is 129 cm³/mol. The van der Waals surface area contributed by atoms with Gasteiger partial charge in [-0.05, 0) is 55.0 Å². The van der Waals surface area contributed by atoms with Crippen LogP contribution in [0.15, 0.2) is 51.2 Å². The number of furan rings is 1. The predicted octanol–water partition coefficient (Wildman–Crippen LogP) is 4.00. The van der Waals surface area contributed by atoms with E-state index in [-0.39, 0.29) is 29.9 Å². The van der Waals surface area contributed by atoms with Crippen molar-refractivity contribution in [3.8, 4) is 0 Å². The molecule has 2 fully saturated rings. The number of rotatable bonds is 6. The Balaban J connectivity index is 1.34. The zero-order valence-corrected chi connectivity index (χ0v) is 19.4. The Morgan fingerprint density at radius 1 is 1.15 bits per heavy atom. The summed E-state index contributed by atoms with van der Waals surface area (Å²) in [6.45, 7) is 0.202. The van der Waals surface area contributed by atoms with Gasteiger partial charge in [-0.2, -0.15) is 0 Å². The van der Waals surface area contributed by atoms with Crippen molar-refractivity contribution in [1.29, 1.82) is 0 Å². The average Bonchev–Trinajstić information content (AvgIpc) is 3.55. The van der Waals surface area contributed by atoms with Gasteiger partial charge in [0.05, 0.1) is 23.8 Å². The zero-order chi connectivity index (χ0) is 22.8. The van der Waals surface area contributed by atoms with Crippen molar-refractivity contribution in [2.24, 2.45) is 10.2 Å². The third kappa shape index (κ3) is 4.91. The van der Waals surface area contributed by atoms with Crippen LogP contribution in [0.2, 0.25) is 0 Å². The van der Waals surface area contributed by atoms with Crippen molar-refractivity contribution in [1.82, 2.24) is 10.2 Å². The van der Waals surface area contributed by atoms with Gasteiger partial charge >= 0.3 is 0 Å². The number of amidine groups is 2. The number of hydrogen-bond acceptors (Lipinski definition) is 8. The van der Waals surface area contributed by atoms with Crippen LogP contribution in [0.5, 0.6) is 0 Å². The van der Waals surface area contributed by atoms with E-state index in [1.807, 2.05) is 18.2 Å². The van der Waals surface area contributed by atoms with Crippen LogP contribution in [-0.2, 0) is 24.2 Å². The number of carbonyl (C=O) groups is 3. The summed E-state index contributed by atoms with van der Waals surface area (Å²) in [6, 6.07) is 9.44. The lowest BCUT2D eigenvalue weighted by Crippen LogP contribution is -2.32. The van der Waals surface area contributed by atoms with Crippen LogP contribution >= 0.6 is 23.5 Å². The fourth-order valence-electron chi connectivity index (χ4n) is 4.09. The molecule has 5 rings (SSSR count). The van der Waals surface area contributed by atoms with Crippen molar-refractivity contribution in [3.63, 3.8) is 0 Å². The van der Waals surface area contributed by atoms with Gasteiger partial charge in [-0.25, -0.2) is 0 Å². The van der Waals surface area contributed by atoms with Crippen LogP contribution in [-0.4, -0.2) is 43.8 Å². The Bertz CT molecular complexity index is 1160. The highest BCUT2D eigenvalue weighted by molar-refractivity contribution is 8.15. The summed E-state index contributed by atoms with van der Waals surface area (Å²) in [4.78, 5) is 39.1. The quantitative estimate of drug-likeness (QED) is 0.493. The number of nitrogens with one attached hydrogen (secondary N) is 1. The van der Waals surface area contributed by atoms with E-state index in [9.17, 15) is 14.4 Å². The zero-order valence-electron chi connectivity index (χ0n) is 17.8. The molecule has 2 aromatic rings. The van der Waals surface area contributed by atoms with Crippen molar-refractivity contribution >= 4 is 51.5 Å². The molecule has 1 aromatic heterocycles. The third-order valence-corrected chi connectivity index (χ3v) is 7.75. The molecule has 2 saturated heterocycles. The first kappa shape index (κ1) is 22.0. The molecule has 8 nitrogen and oxygen atoms in total. The first-order valence-corrected chi connectivity index (χ1v) is 12.7. The maximum absolute atomic E-state index is 13.2. The van der Waals surface area contributed by atoms with Crippen LogP contribution < -0.4 is 5.32 Å². The molecule has 0 bridgehead atoms. The van der Waals surface area contributed by atoms with Gasteiger partial charge < -0.3 is 9.73 Å². The van der Waals surface area contributed by atoms with Crippen molar-refractivity contribution in [3.05, 3.63) is 59.0 Å². The fourth-order valence-corrected chi connectivity index (χ4v) is 5.77. The van der Waals surface area contributed by atoms with E-state index in [0.717, 1.165) is 31.0 Å². The molecule has 0 unspecified atom stereocenters. The van der Waals surface area contributed by atoms with Gasteiger partial charge in [-0.3, -0.25) is 19.3 Å². The minimum atomic E-state index is -0.588. The largest absolute Gasteiger partial charge is 0.467 e. The van der Waals surface area contributed by atoms with Gasteiger partial charge in [0.25, 0.3) is 5.24 Å². The lowest BCUT2D eigenvalue weighted by atomic mass is 9.89. The average molecular weight is 483 g/mol. The van der Waals surface area contributed by atoms with Gasteiger partial charge in [0.15, 0.2) is 11.0 Å². The van der Waals surface area contributed by atoms with Gasteiger partial charge in [-0.1, -0.05) is 35.7 Å². The minimum absolute atomic E-state index is 0.0563. The molecule has 0 saturated carbocycles. The molecule has 170 valence electrons. The molecule has 1 N–H and O–H groups in total. The third-order valence-electron chi connectivity index (χ3n) is 5.80. The number of amides is 2. The summed E-state index contributed by atoms with van der Waals surface area (Å²) >= 11 is 2.33. The van der Waals surface area contributed by atoms with E-state index in [4.69, 9.17) is 4.42 Å². The maximum Gasteiger partial charge on any atom is 0.284 e. The fraction of sp³-hybridized carbons (Fsp3) is 0.348. The normalized spacial score (nSPS) is 22.8. The number of fused-ring (bicyclic) bond motifs is 1. The SMILES string of the molecule is O=C1N/C(=N/N=C2\S[C@H](CC(=O)c3ccc4c(c3)CCCC4)C(=O)N2Cc2ccco2)CS1. The smallest absolute Gasteiger partial charge is 0.284 e. The van der Waals surface area contributed by atoms with E-state index in [2.05, 4.69) is 15.5 Å². The van der Waals surface area contributed by atoms with Crippen LogP contribution in [0.25, 0.3) is 0 Å². The molecule has 33 heavy (non-hydrogen) atoms. The number of ketones is 1. The van der Waals surface area contributed by atoms with E-state index in [1.165, 1.54) is 34.2 Å². The lowest BCUT2D eigenvalue weighted by Gasteiger charge is -2.16. The summed E-state index contributed by atoms with van der Waals surface area (Å²) in [5.74, 6) is 1.20. The highest BCUT2D eigenvalue weighted by Crippen LogP contribution is 2.32. The lowest BCUT2D eigenvalue weighted by molar-refractivity contribution is -0.126. The second kappa shape index (κ2) is 9.56. The van der Waals surface area contributed by atoms with Gasteiger partial charge in [-0.15, -0.1) is 10.2 Å². The molecule has 1 aromatic carbocycles. The topological polar surface area (TPSA) is 104 Å². The van der Waals surface area contributed by atoms with E-state index < -0.39 is 5.25 Å². The van der Waals surface area contributed by atoms with Crippen LogP contribution in [0.4, 0.5) is 4.79 Å². The molecule has 1 atom stereocenters. The molecule has 10 heteroatoms. The number of aryl methyl sites for hydroxylation is 2. The van der Waals surface area contributed by atoms with Crippen LogP contribution in [0.3, 0.4) is 0 Å². The monoisotopic (exact) mass is 482 g/mol. The van der Waals surface area contributed by atoms with Crippen molar-refractivity contribution < 1.29 is 18.8 Å². The number of nitrogens with zero attached hydrogens (tertiary/aromatic N) is 3. The summed E-state index contributed by atoms with van der Waals surface area (Å²) in [5.41, 5.74) is 3.21. The highest BCUT2D eigenvalue weighted by atomic mass is 32.2.